The number of nitrogens with one attached hydrogen (secondary N) is 2. The molecule has 0 saturated carbocycles. The van der Waals surface area contributed by atoms with E-state index in [9.17, 15) is 18.0 Å². The summed E-state index contributed by atoms with van der Waals surface area (Å²) in [5.41, 5.74) is -0.799. The van der Waals surface area contributed by atoms with Gasteiger partial charge in [-0.2, -0.15) is 13.2 Å². The Morgan fingerprint density at radius 2 is 2.15 bits per heavy atom. The first-order valence-corrected chi connectivity index (χ1v) is 5.80. The number of aromatic nitrogens is 3. The van der Waals surface area contributed by atoms with Crippen molar-refractivity contribution in [2.24, 2.45) is 0 Å². The molecule has 106 valence electrons. The summed E-state index contributed by atoms with van der Waals surface area (Å²) in [7, 11) is 0. The summed E-state index contributed by atoms with van der Waals surface area (Å²) in [5, 5.41) is 8.56. The van der Waals surface area contributed by atoms with Crippen LogP contribution in [0.3, 0.4) is 0 Å². The van der Waals surface area contributed by atoms with Crippen LogP contribution in [0, 0.1) is 0 Å². The highest BCUT2D eigenvalue weighted by Gasteiger charge is 2.30. The van der Waals surface area contributed by atoms with Crippen molar-refractivity contribution < 1.29 is 18.0 Å². The van der Waals surface area contributed by atoms with Crippen molar-refractivity contribution in [1.29, 1.82) is 0 Å². The third-order valence-corrected chi connectivity index (χ3v) is 2.52. The van der Waals surface area contributed by atoms with Crippen LogP contribution < -0.4 is 5.32 Å². The van der Waals surface area contributed by atoms with Gasteiger partial charge in [-0.25, -0.2) is 4.98 Å². The number of halogens is 3. The van der Waals surface area contributed by atoms with Gasteiger partial charge in [-0.15, -0.1) is 5.10 Å². The molecule has 0 unspecified atom stereocenters. The molecule has 0 aliphatic rings. The van der Waals surface area contributed by atoms with Crippen LogP contribution in [0.25, 0.3) is 0 Å². The molecular weight excluding hydrogens is 273 g/mol. The number of amides is 1. The number of hydrogen-bond donors (Lipinski definition) is 2. The third-order valence-electron chi connectivity index (χ3n) is 2.52. The molecule has 2 rings (SSSR count). The Morgan fingerprint density at radius 1 is 1.40 bits per heavy atom. The van der Waals surface area contributed by atoms with Gasteiger partial charge in [0.1, 0.15) is 5.82 Å². The van der Waals surface area contributed by atoms with Gasteiger partial charge in [-0.3, -0.25) is 9.89 Å². The Hall–Kier alpha value is -2.38. The number of rotatable bonds is 3. The zero-order valence-corrected chi connectivity index (χ0v) is 10.5. The number of benzene rings is 1. The quantitative estimate of drug-likeness (QED) is 0.910. The zero-order chi connectivity index (χ0) is 14.8. The fourth-order valence-corrected chi connectivity index (χ4v) is 1.52. The van der Waals surface area contributed by atoms with E-state index in [4.69, 9.17) is 0 Å². The molecule has 0 fully saturated rings. The van der Waals surface area contributed by atoms with Gasteiger partial charge in [-0.1, -0.05) is 13.0 Å². The molecule has 0 aliphatic carbocycles. The Bertz CT molecular complexity index is 621. The number of aryl methyl sites for hydroxylation is 1. The van der Waals surface area contributed by atoms with Crippen LogP contribution in [-0.4, -0.2) is 21.1 Å². The maximum absolute atomic E-state index is 12.5. The first kappa shape index (κ1) is 14.0. The number of nitrogens with zero attached hydrogens (tertiary/aromatic N) is 2. The van der Waals surface area contributed by atoms with Gasteiger partial charge >= 0.3 is 6.18 Å². The smallest absolute Gasteiger partial charge is 0.319 e. The van der Waals surface area contributed by atoms with Gasteiger partial charge in [0.05, 0.1) is 5.56 Å². The van der Waals surface area contributed by atoms with Crippen LogP contribution in [0.2, 0.25) is 0 Å². The van der Waals surface area contributed by atoms with Crippen molar-refractivity contribution in [3.05, 3.63) is 41.5 Å². The van der Waals surface area contributed by atoms with Crippen molar-refractivity contribution in [2.45, 2.75) is 19.5 Å². The molecule has 20 heavy (non-hydrogen) atoms. The molecular formula is C12H11F3N4O. The van der Waals surface area contributed by atoms with Gasteiger partial charge in [0.15, 0.2) is 0 Å². The van der Waals surface area contributed by atoms with E-state index in [0.29, 0.717) is 12.2 Å². The monoisotopic (exact) mass is 284 g/mol. The Morgan fingerprint density at radius 3 is 2.75 bits per heavy atom. The van der Waals surface area contributed by atoms with Crippen LogP contribution in [0.15, 0.2) is 24.3 Å². The van der Waals surface area contributed by atoms with Crippen LogP contribution in [-0.2, 0) is 12.6 Å². The van der Waals surface area contributed by atoms with Gasteiger partial charge in [-0.05, 0) is 18.2 Å². The average Bonchev–Trinajstić information content (AvgIpc) is 2.87. The summed E-state index contributed by atoms with van der Waals surface area (Å²) in [6.45, 7) is 1.83. The minimum atomic E-state index is -4.46. The normalized spacial score (nSPS) is 11.4. The summed E-state index contributed by atoms with van der Waals surface area (Å²) < 4.78 is 37.6. The predicted molar refractivity (Wildman–Crippen MR) is 65.2 cm³/mol. The molecule has 0 aliphatic heterocycles. The first-order chi connectivity index (χ1) is 9.40. The van der Waals surface area contributed by atoms with Crippen LogP contribution >= 0.6 is 0 Å². The highest BCUT2D eigenvalue weighted by Crippen LogP contribution is 2.30. The van der Waals surface area contributed by atoms with Crippen molar-refractivity contribution in [1.82, 2.24) is 15.2 Å². The molecule has 1 aromatic heterocycles. The number of anilines is 1. The van der Waals surface area contributed by atoms with E-state index in [2.05, 4.69) is 20.5 Å². The zero-order valence-electron chi connectivity index (χ0n) is 10.5. The van der Waals surface area contributed by atoms with Crippen molar-refractivity contribution >= 4 is 11.6 Å². The maximum atomic E-state index is 12.5. The molecule has 8 heteroatoms. The second kappa shape index (κ2) is 5.32. The van der Waals surface area contributed by atoms with Crippen LogP contribution in [0.1, 0.15) is 28.9 Å². The van der Waals surface area contributed by atoms with Gasteiger partial charge in [0.2, 0.25) is 5.82 Å². The van der Waals surface area contributed by atoms with E-state index < -0.39 is 17.6 Å². The second-order valence-corrected chi connectivity index (χ2v) is 3.99. The molecule has 0 spiro atoms. The van der Waals surface area contributed by atoms with Crippen LogP contribution in [0.4, 0.5) is 18.9 Å². The molecule has 0 bridgehead atoms. The third kappa shape index (κ3) is 3.14. The van der Waals surface area contributed by atoms with E-state index in [1.807, 2.05) is 6.92 Å². The van der Waals surface area contributed by atoms with Crippen LogP contribution in [0.5, 0.6) is 0 Å². The van der Waals surface area contributed by atoms with E-state index in [1.54, 1.807) is 0 Å². The lowest BCUT2D eigenvalue weighted by atomic mass is 10.2. The largest absolute Gasteiger partial charge is 0.416 e. The lowest BCUT2D eigenvalue weighted by Gasteiger charge is -2.08. The molecule has 2 N–H and O–H groups in total. The Kier molecular flexibility index (Phi) is 3.73. The molecule has 0 radical (unpaired) electrons. The summed E-state index contributed by atoms with van der Waals surface area (Å²) in [6, 6.07) is 4.36. The molecule has 0 atom stereocenters. The number of aromatic amines is 1. The summed E-state index contributed by atoms with van der Waals surface area (Å²) in [4.78, 5) is 15.7. The fourth-order valence-electron chi connectivity index (χ4n) is 1.52. The molecule has 5 nitrogen and oxygen atoms in total. The Balaban J connectivity index is 2.15. The first-order valence-electron chi connectivity index (χ1n) is 5.80. The standard InChI is InChI=1S/C12H11F3N4O/c1-2-9-17-10(19-18-9)11(20)16-8-5-3-4-7(6-8)12(13,14)15/h3-6H,2H2,1H3,(H,16,20)(H,17,18,19). The molecule has 1 amide bonds. The number of alkyl halides is 3. The minimum absolute atomic E-state index is 0.0349. The summed E-state index contributed by atoms with van der Waals surface area (Å²) in [5.74, 6) is -0.251. The lowest BCUT2D eigenvalue weighted by Crippen LogP contribution is -2.14. The second-order valence-electron chi connectivity index (χ2n) is 3.99. The number of carbonyl (C=O) groups is 1. The predicted octanol–water partition coefficient (Wildman–Crippen LogP) is 2.64. The number of hydrogen-bond acceptors (Lipinski definition) is 3. The Labute approximate surface area is 112 Å². The molecule has 1 heterocycles. The van der Waals surface area contributed by atoms with Gasteiger partial charge < -0.3 is 5.32 Å². The van der Waals surface area contributed by atoms with Gasteiger partial charge in [0.25, 0.3) is 5.91 Å². The summed E-state index contributed by atoms with van der Waals surface area (Å²) in [6.07, 6.45) is -3.88. The van der Waals surface area contributed by atoms with E-state index in [1.165, 1.54) is 12.1 Å². The van der Waals surface area contributed by atoms with E-state index in [-0.39, 0.29) is 11.5 Å². The van der Waals surface area contributed by atoms with Gasteiger partial charge in [0, 0.05) is 12.1 Å². The van der Waals surface area contributed by atoms with Crippen molar-refractivity contribution in [3.8, 4) is 0 Å². The number of H-pyrrole nitrogens is 1. The SMILES string of the molecule is CCc1nc(C(=O)Nc2cccc(C(F)(F)F)c2)n[nH]1. The molecule has 2 aromatic rings. The topological polar surface area (TPSA) is 70.7 Å². The fraction of sp³-hybridized carbons (Fsp3) is 0.250. The van der Waals surface area contributed by atoms with Crippen molar-refractivity contribution in [2.75, 3.05) is 5.32 Å². The number of carbonyl (C=O) groups excluding carboxylic acids is 1. The lowest BCUT2D eigenvalue weighted by molar-refractivity contribution is -0.137. The summed E-state index contributed by atoms with van der Waals surface area (Å²) >= 11 is 0. The molecule has 0 saturated heterocycles. The van der Waals surface area contributed by atoms with E-state index in [0.717, 1.165) is 12.1 Å². The maximum Gasteiger partial charge on any atom is 0.416 e. The average molecular weight is 284 g/mol. The molecule has 1 aromatic carbocycles. The highest BCUT2D eigenvalue weighted by atomic mass is 19.4. The highest BCUT2D eigenvalue weighted by molar-refractivity contribution is 6.01. The minimum Gasteiger partial charge on any atom is -0.319 e. The van der Waals surface area contributed by atoms with Crippen molar-refractivity contribution in [3.63, 3.8) is 0 Å². The van der Waals surface area contributed by atoms with E-state index >= 15 is 0 Å².